The number of carbonyl (C=O) groups excluding carboxylic acids is 1. The maximum atomic E-state index is 10.7. The molecule has 1 aliphatic rings. The topological polar surface area (TPSA) is 32.3 Å². The Bertz CT molecular complexity index is 217. The zero-order chi connectivity index (χ0) is 10.4. The predicted octanol–water partition coefficient (Wildman–Crippen LogP) is 1.51. The summed E-state index contributed by atoms with van der Waals surface area (Å²) in [5.41, 5.74) is 1.37. The van der Waals surface area contributed by atoms with Gasteiger partial charge in [0, 0.05) is 32.3 Å². The Morgan fingerprint density at radius 1 is 1.43 bits per heavy atom. The van der Waals surface area contributed by atoms with Crippen LogP contribution in [0.15, 0.2) is 11.8 Å². The van der Waals surface area contributed by atoms with Gasteiger partial charge in [-0.25, -0.2) is 0 Å². The van der Waals surface area contributed by atoms with Crippen molar-refractivity contribution >= 4 is 5.91 Å². The van der Waals surface area contributed by atoms with Gasteiger partial charge in [0.15, 0.2) is 0 Å². The standard InChI is InChI=1S/C11H20N2O/c1-3-11(6-7-12-10(2)14)13-8-4-5-9-13/h6H,3-5,7-9H2,1-2H3,(H,12,14)/b11-6+. The first-order valence-electron chi connectivity index (χ1n) is 5.42. The first-order valence-corrected chi connectivity index (χ1v) is 5.42. The van der Waals surface area contributed by atoms with Crippen LogP contribution in [0.2, 0.25) is 0 Å². The average Bonchev–Trinajstić information content (AvgIpc) is 2.64. The van der Waals surface area contributed by atoms with E-state index in [-0.39, 0.29) is 5.91 Å². The number of nitrogens with zero attached hydrogens (tertiary/aromatic N) is 1. The van der Waals surface area contributed by atoms with Gasteiger partial charge in [0.05, 0.1) is 0 Å². The molecule has 14 heavy (non-hydrogen) atoms. The van der Waals surface area contributed by atoms with Crippen LogP contribution in [0.1, 0.15) is 33.1 Å². The number of amides is 1. The highest BCUT2D eigenvalue weighted by atomic mass is 16.1. The van der Waals surface area contributed by atoms with Crippen molar-refractivity contribution in [3.05, 3.63) is 11.8 Å². The summed E-state index contributed by atoms with van der Waals surface area (Å²) in [5.74, 6) is 0.0399. The molecule has 0 atom stereocenters. The highest BCUT2D eigenvalue weighted by Gasteiger charge is 2.12. The fourth-order valence-electron chi connectivity index (χ4n) is 1.81. The molecule has 0 saturated carbocycles. The van der Waals surface area contributed by atoms with Crippen LogP contribution in [0.4, 0.5) is 0 Å². The molecule has 1 rings (SSSR count). The summed E-state index contributed by atoms with van der Waals surface area (Å²) in [6, 6.07) is 0. The second kappa shape index (κ2) is 5.68. The van der Waals surface area contributed by atoms with E-state index in [1.807, 2.05) is 0 Å². The lowest BCUT2D eigenvalue weighted by molar-refractivity contribution is -0.118. The van der Waals surface area contributed by atoms with Crippen molar-refractivity contribution in [1.29, 1.82) is 0 Å². The molecule has 0 spiro atoms. The normalized spacial score (nSPS) is 17.3. The molecule has 0 unspecified atom stereocenters. The van der Waals surface area contributed by atoms with Gasteiger partial charge in [-0.15, -0.1) is 0 Å². The molecule has 0 aromatic rings. The number of likely N-dealkylation sites (tertiary alicyclic amines) is 1. The summed E-state index contributed by atoms with van der Waals surface area (Å²) in [6.45, 7) is 6.74. The predicted molar refractivity (Wildman–Crippen MR) is 57.9 cm³/mol. The zero-order valence-electron chi connectivity index (χ0n) is 9.18. The Morgan fingerprint density at radius 3 is 2.57 bits per heavy atom. The number of hydrogen-bond acceptors (Lipinski definition) is 2. The maximum Gasteiger partial charge on any atom is 0.217 e. The molecule has 80 valence electrons. The molecule has 1 saturated heterocycles. The summed E-state index contributed by atoms with van der Waals surface area (Å²) < 4.78 is 0. The van der Waals surface area contributed by atoms with Crippen LogP contribution >= 0.6 is 0 Å². The molecule has 1 fully saturated rings. The number of nitrogens with one attached hydrogen (secondary N) is 1. The molecule has 0 bridgehead atoms. The van der Waals surface area contributed by atoms with E-state index in [1.54, 1.807) is 6.92 Å². The summed E-state index contributed by atoms with van der Waals surface area (Å²) in [6.07, 6.45) is 5.79. The van der Waals surface area contributed by atoms with E-state index in [2.05, 4.69) is 23.2 Å². The second-order valence-corrected chi connectivity index (χ2v) is 3.68. The van der Waals surface area contributed by atoms with Crippen molar-refractivity contribution in [3.63, 3.8) is 0 Å². The van der Waals surface area contributed by atoms with Crippen LogP contribution in [0.25, 0.3) is 0 Å². The van der Waals surface area contributed by atoms with Gasteiger partial charge in [-0.2, -0.15) is 0 Å². The molecule has 0 aliphatic carbocycles. The number of allylic oxidation sites excluding steroid dienone is 1. The molecule has 0 aromatic heterocycles. The largest absolute Gasteiger partial charge is 0.375 e. The highest BCUT2D eigenvalue weighted by Crippen LogP contribution is 2.16. The minimum Gasteiger partial charge on any atom is -0.375 e. The molecule has 1 amide bonds. The second-order valence-electron chi connectivity index (χ2n) is 3.68. The Kier molecular flexibility index (Phi) is 4.50. The summed E-state index contributed by atoms with van der Waals surface area (Å²) in [5, 5.41) is 2.79. The SMILES string of the molecule is CC/C(=C\CNC(C)=O)N1CCCC1. The molecule has 0 radical (unpaired) electrons. The molecule has 0 aromatic carbocycles. The van der Waals surface area contributed by atoms with Gasteiger partial charge in [0.2, 0.25) is 5.91 Å². The minimum atomic E-state index is 0.0399. The van der Waals surface area contributed by atoms with Gasteiger partial charge in [-0.3, -0.25) is 4.79 Å². The third-order valence-electron chi connectivity index (χ3n) is 2.56. The van der Waals surface area contributed by atoms with Gasteiger partial charge < -0.3 is 10.2 Å². The Morgan fingerprint density at radius 2 is 2.07 bits per heavy atom. The Hall–Kier alpha value is -0.990. The molecular formula is C11H20N2O. The number of hydrogen-bond donors (Lipinski definition) is 1. The van der Waals surface area contributed by atoms with Crippen LogP contribution in [-0.4, -0.2) is 30.4 Å². The molecule has 1 aliphatic heterocycles. The van der Waals surface area contributed by atoms with Gasteiger partial charge in [-0.05, 0) is 25.3 Å². The Balaban J connectivity index is 2.39. The van der Waals surface area contributed by atoms with E-state index in [1.165, 1.54) is 31.6 Å². The summed E-state index contributed by atoms with van der Waals surface area (Å²) >= 11 is 0. The Labute approximate surface area is 86.2 Å². The van der Waals surface area contributed by atoms with Crippen molar-refractivity contribution in [2.24, 2.45) is 0 Å². The molecular weight excluding hydrogens is 176 g/mol. The first kappa shape index (κ1) is 11.1. The fourth-order valence-corrected chi connectivity index (χ4v) is 1.81. The van der Waals surface area contributed by atoms with Gasteiger partial charge in [-0.1, -0.05) is 6.92 Å². The van der Waals surface area contributed by atoms with E-state index in [0.717, 1.165) is 6.42 Å². The maximum absolute atomic E-state index is 10.7. The summed E-state index contributed by atoms with van der Waals surface area (Å²) in [4.78, 5) is 13.1. The lowest BCUT2D eigenvalue weighted by Crippen LogP contribution is -2.23. The fraction of sp³-hybridized carbons (Fsp3) is 0.727. The van der Waals surface area contributed by atoms with Crippen molar-refractivity contribution in [3.8, 4) is 0 Å². The van der Waals surface area contributed by atoms with Crippen molar-refractivity contribution < 1.29 is 4.79 Å². The lowest BCUT2D eigenvalue weighted by atomic mass is 10.3. The minimum absolute atomic E-state index is 0.0399. The van der Waals surface area contributed by atoms with Crippen LogP contribution in [0, 0.1) is 0 Å². The van der Waals surface area contributed by atoms with Crippen LogP contribution in [0.3, 0.4) is 0 Å². The first-order chi connectivity index (χ1) is 6.74. The smallest absolute Gasteiger partial charge is 0.217 e. The monoisotopic (exact) mass is 196 g/mol. The molecule has 3 nitrogen and oxygen atoms in total. The third-order valence-corrected chi connectivity index (χ3v) is 2.56. The molecule has 3 heteroatoms. The zero-order valence-corrected chi connectivity index (χ0v) is 9.18. The van der Waals surface area contributed by atoms with E-state index in [9.17, 15) is 4.79 Å². The summed E-state index contributed by atoms with van der Waals surface area (Å²) in [7, 11) is 0. The van der Waals surface area contributed by atoms with Gasteiger partial charge in [0.25, 0.3) is 0 Å². The van der Waals surface area contributed by atoms with Crippen LogP contribution < -0.4 is 5.32 Å². The van der Waals surface area contributed by atoms with Crippen molar-refractivity contribution in [2.75, 3.05) is 19.6 Å². The highest BCUT2D eigenvalue weighted by molar-refractivity contribution is 5.72. The van der Waals surface area contributed by atoms with Crippen molar-refractivity contribution in [1.82, 2.24) is 10.2 Å². The number of carbonyl (C=O) groups is 1. The van der Waals surface area contributed by atoms with Gasteiger partial charge in [0.1, 0.15) is 0 Å². The van der Waals surface area contributed by atoms with E-state index in [4.69, 9.17) is 0 Å². The van der Waals surface area contributed by atoms with Crippen LogP contribution in [-0.2, 0) is 4.79 Å². The van der Waals surface area contributed by atoms with Crippen molar-refractivity contribution in [2.45, 2.75) is 33.1 Å². The molecule has 1 heterocycles. The third kappa shape index (κ3) is 3.40. The van der Waals surface area contributed by atoms with E-state index < -0.39 is 0 Å². The van der Waals surface area contributed by atoms with Gasteiger partial charge >= 0.3 is 0 Å². The van der Waals surface area contributed by atoms with E-state index in [0.29, 0.717) is 6.54 Å². The average molecular weight is 196 g/mol. The quantitative estimate of drug-likeness (QED) is 0.739. The van der Waals surface area contributed by atoms with E-state index >= 15 is 0 Å². The number of rotatable bonds is 4. The lowest BCUT2D eigenvalue weighted by Gasteiger charge is -2.20. The molecule has 1 N–H and O–H groups in total. The van der Waals surface area contributed by atoms with Crippen LogP contribution in [0.5, 0.6) is 0 Å².